The molecule has 1 amide bonds. The van der Waals surface area contributed by atoms with Crippen molar-refractivity contribution < 1.29 is 23.8 Å². The van der Waals surface area contributed by atoms with Crippen LogP contribution in [0, 0.1) is 0 Å². The highest BCUT2D eigenvalue weighted by molar-refractivity contribution is 5.70. The number of carbonyl (C=O) groups excluding carboxylic acids is 2. The van der Waals surface area contributed by atoms with Crippen molar-refractivity contribution in [3.8, 4) is 0 Å². The zero-order valence-corrected chi connectivity index (χ0v) is 11.7. The Morgan fingerprint density at radius 3 is 2.28 bits per heavy atom. The second kappa shape index (κ2) is 7.92. The fourth-order valence-electron chi connectivity index (χ4n) is 1.27. The summed E-state index contributed by atoms with van der Waals surface area (Å²) in [6.45, 7) is 5.67. The van der Waals surface area contributed by atoms with E-state index in [1.165, 1.54) is 14.2 Å². The standard InChI is InChI=1S/C12H23NO5/c1-12(2,3)18-11(15)13-9(8-16-4)6-7-10(14)17-5/h9H,6-8H2,1-5H3,(H,13,15)/t9-/m0/s1. The van der Waals surface area contributed by atoms with Crippen LogP contribution < -0.4 is 5.32 Å². The van der Waals surface area contributed by atoms with Crippen LogP contribution in [0.5, 0.6) is 0 Å². The molecule has 0 rings (SSSR count). The van der Waals surface area contributed by atoms with Crippen LogP contribution in [0.25, 0.3) is 0 Å². The van der Waals surface area contributed by atoms with E-state index in [1.54, 1.807) is 20.8 Å². The molecule has 0 aromatic heterocycles. The van der Waals surface area contributed by atoms with Crippen molar-refractivity contribution in [3.05, 3.63) is 0 Å². The lowest BCUT2D eigenvalue weighted by Crippen LogP contribution is -2.41. The Balaban J connectivity index is 4.17. The number of rotatable bonds is 6. The van der Waals surface area contributed by atoms with Crippen LogP contribution >= 0.6 is 0 Å². The Bertz CT molecular complexity index is 272. The van der Waals surface area contributed by atoms with Crippen LogP contribution in [0.1, 0.15) is 33.6 Å². The van der Waals surface area contributed by atoms with Crippen molar-refractivity contribution in [2.45, 2.75) is 45.3 Å². The van der Waals surface area contributed by atoms with Gasteiger partial charge in [-0.15, -0.1) is 0 Å². The quantitative estimate of drug-likeness (QED) is 0.733. The van der Waals surface area contributed by atoms with Gasteiger partial charge < -0.3 is 19.5 Å². The molecule has 18 heavy (non-hydrogen) atoms. The molecule has 0 aromatic carbocycles. The van der Waals surface area contributed by atoms with Crippen molar-refractivity contribution in [1.82, 2.24) is 5.32 Å². The maximum atomic E-state index is 11.6. The van der Waals surface area contributed by atoms with E-state index < -0.39 is 11.7 Å². The van der Waals surface area contributed by atoms with Crippen molar-refractivity contribution >= 4 is 12.1 Å². The molecule has 0 aliphatic carbocycles. The molecule has 0 aliphatic heterocycles. The molecule has 0 bridgehead atoms. The number of alkyl carbamates (subject to hydrolysis) is 1. The normalized spacial score (nSPS) is 12.7. The van der Waals surface area contributed by atoms with Crippen molar-refractivity contribution in [2.75, 3.05) is 20.8 Å². The topological polar surface area (TPSA) is 73.9 Å². The highest BCUT2D eigenvalue weighted by Gasteiger charge is 2.20. The molecule has 0 heterocycles. The summed E-state index contributed by atoms with van der Waals surface area (Å²) in [5.74, 6) is -0.318. The molecule has 0 saturated heterocycles. The number of methoxy groups -OCH3 is 2. The summed E-state index contributed by atoms with van der Waals surface area (Å²) in [7, 11) is 2.86. The molecule has 1 atom stereocenters. The number of carbonyl (C=O) groups is 2. The van der Waals surface area contributed by atoms with Crippen molar-refractivity contribution in [2.24, 2.45) is 0 Å². The first-order chi connectivity index (χ1) is 8.28. The van der Waals surface area contributed by atoms with Gasteiger partial charge in [0.2, 0.25) is 0 Å². The zero-order chi connectivity index (χ0) is 14.2. The van der Waals surface area contributed by atoms with E-state index in [0.29, 0.717) is 13.0 Å². The maximum absolute atomic E-state index is 11.6. The Labute approximate surface area is 108 Å². The van der Waals surface area contributed by atoms with Gasteiger partial charge in [-0.2, -0.15) is 0 Å². The number of amides is 1. The molecule has 0 fully saturated rings. The predicted octanol–water partition coefficient (Wildman–Crippen LogP) is 1.48. The van der Waals surface area contributed by atoms with Gasteiger partial charge in [0.05, 0.1) is 19.8 Å². The third-order valence-corrected chi connectivity index (χ3v) is 2.01. The van der Waals surface area contributed by atoms with Gasteiger partial charge in [-0.1, -0.05) is 0 Å². The first-order valence-electron chi connectivity index (χ1n) is 5.83. The summed E-state index contributed by atoms with van der Waals surface area (Å²) in [5, 5.41) is 2.66. The largest absolute Gasteiger partial charge is 0.469 e. The lowest BCUT2D eigenvalue weighted by molar-refractivity contribution is -0.140. The summed E-state index contributed by atoms with van der Waals surface area (Å²) in [4.78, 5) is 22.6. The van der Waals surface area contributed by atoms with Crippen molar-refractivity contribution in [3.63, 3.8) is 0 Å². The van der Waals surface area contributed by atoms with E-state index in [4.69, 9.17) is 9.47 Å². The van der Waals surface area contributed by atoms with Gasteiger partial charge in [-0.3, -0.25) is 4.79 Å². The summed E-state index contributed by atoms with van der Waals surface area (Å²) in [5.41, 5.74) is -0.552. The van der Waals surface area contributed by atoms with Gasteiger partial charge in [0.15, 0.2) is 0 Å². The summed E-state index contributed by atoms with van der Waals surface area (Å²) in [6.07, 6.45) is 0.148. The van der Waals surface area contributed by atoms with Crippen molar-refractivity contribution in [1.29, 1.82) is 0 Å². The fourth-order valence-corrected chi connectivity index (χ4v) is 1.27. The lowest BCUT2D eigenvalue weighted by atomic mass is 10.1. The summed E-state index contributed by atoms with van der Waals surface area (Å²) < 4.78 is 14.6. The van der Waals surface area contributed by atoms with Gasteiger partial charge in [0.25, 0.3) is 0 Å². The average molecular weight is 261 g/mol. The van der Waals surface area contributed by atoms with Crippen LogP contribution in [-0.4, -0.2) is 44.5 Å². The van der Waals surface area contributed by atoms with Gasteiger partial charge >= 0.3 is 12.1 Å². The molecule has 0 aliphatic rings. The minimum Gasteiger partial charge on any atom is -0.469 e. The molecule has 106 valence electrons. The minimum atomic E-state index is -0.552. The summed E-state index contributed by atoms with van der Waals surface area (Å²) in [6, 6.07) is -0.274. The zero-order valence-electron chi connectivity index (χ0n) is 11.7. The van der Waals surface area contributed by atoms with E-state index in [1.807, 2.05) is 0 Å². The molecule has 0 radical (unpaired) electrons. The van der Waals surface area contributed by atoms with Gasteiger partial charge in [0, 0.05) is 13.5 Å². The van der Waals surface area contributed by atoms with Crippen LogP contribution in [-0.2, 0) is 19.0 Å². The molecule has 6 heteroatoms. The number of nitrogens with one attached hydrogen (secondary N) is 1. The summed E-state index contributed by atoms with van der Waals surface area (Å²) >= 11 is 0. The van der Waals surface area contributed by atoms with Gasteiger partial charge in [0.1, 0.15) is 5.60 Å². The van der Waals surface area contributed by atoms with E-state index in [9.17, 15) is 9.59 Å². The van der Waals surface area contributed by atoms with E-state index in [0.717, 1.165) is 0 Å². The maximum Gasteiger partial charge on any atom is 0.407 e. The van der Waals surface area contributed by atoms with E-state index >= 15 is 0 Å². The minimum absolute atomic E-state index is 0.223. The molecule has 1 N–H and O–H groups in total. The molecule has 0 unspecified atom stereocenters. The SMILES string of the molecule is COC[C@H](CCC(=O)OC)NC(=O)OC(C)(C)C. The molecule has 6 nitrogen and oxygen atoms in total. The highest BCUT2D eigenvalue weighted by atomic mass is 16.6. The van der Waals surface area contributed by atoms with E-state index in [2.05, 4.69) is 10.1 Å². The smallest absolute Gasteiger partial charge is 0.407 e. The Morgan fingerprint density at radius 1 is 1.22 bits per heavy atom. The average Bonchev–Trinajstić information content (AvgIpc) is 2.23. The number of ether oxygens (including phenoxy) is 3. The Morgan fingerprint density at radius 2 is 1.83 bits per heavy atom. The molecule has 0 saturated carbocycles. The number of hydrogen-bond acceptors (Lipinski definition) is 5. The highest BCUT2D eigenvalue weighted by Crippen LogP contribution is 2.08. The number of esters is 1. The van der Waals surface area contributed by atoms with E-state index in [-0.39, 0.29) is 18.4 Å². The van der Waals surface area contributed by atoms with Crippen LogP contribution in [0.2, 0.25) is 0 Å². The van der Waals surface area contributed by atoms with Gasteiger partial charge in [-0.05, 0) is 27.2 Å². The molecule has 0 aromatic rings. The van der Waals surface area contributed by atoms with Crippen LogP contribution in [0.15, 0.2) is 0 Å². The molecular weight excluding hydrogens is 238 g/mol. The van der Waals surface area contributed by atoms with Crippen LogP contribution in [0.3, 0.4) is 0 Å². The predicted molar refractivity (Wildman–Crippen MR) is 66.3 cm³/mol. The Hall–Kier alpha value is -1.30. The molecule has 0 spiro atoms. The number of hydrogen-bond donors (Lipinski definition) is 1. The third kappa shape index (κ3) is 8.81. The van der Waals surface area contributed by atoms with Gasteiger partial charge in [-0.25, -0.2) is 4.79 Å². The second-order valence-corrected chi connectivity index (χ2v) is 4.91. The monoisotopic (exact) mass is 261 g/mol. The first kappa shape index (κ1) is 16.7. The van der Waals surface area contributed by atoms with Crippen LogP contribution in [0.4, 0.5) is 4.79 Å². The first-order valence-corrected chi connectivity index (χ1v) is 5.83. The lowest BCUT2D eigenvalue weighted by Gasteiger charge is -2.23. The second-order valence-electron chi connectivity index (χ2n) is 4.91. The Kier molecular flexibility index (Phi) is 7.35. The molecular formula is C12H23NO5. The fraction of sp³-hybridized carbons (Fsp3) is 0.833. The third-order valence-electron chi connectivity index (χ3n) is 2.01.